The van der Waals surface area contributed by atoms with Crippen molar-refractivity contribution in [3.05, 3.63) is 34.9 Å². The minimum atomic E-state index is -5.33. The van der Waals surface area contributed by atoms with Gasteiger partial charge in [-0.25, -0.2) is 13.1 Å². The molecule has 0 amide bonds. The van der Waals surface area contributed by atoms with Crippen LogP contribution in [-0.4, -0.2) is 27.6 Å². The molecule has 4 nitrogen and oxygen atoms in total. The number of halogens is 3. The summed E-state index contributed by atoms with van der Waals surface area (Å²) in [5, 5.41) is 0. The number of allylic oxidation sites excluding steroid dienone is 1. The zero-order valence-electron chi connectivity index (χ0n) is 11.4. The van der Waals surface area contributed by atoms with E-state index in [1.165, 1.54) is 7.11 Å². The maximum Gasteiger partial charge on any atom is 0.511 e. The van der Waals surface area contributed by atoms with Crippen LogP contribution in [0.4, 0.5) is 13.2 Å². The molecule has 8 heteroatoms. The Bertz CT molecular complexity index is 693. The lowest BCUT2D eigenvalue weighted by Gasteiger charge is -2.12. The summed E-state index contributed by atoms with van der Waals surface area (Å²) in [5.41, 5.74) is -2.24. The molecule has 0 saturated carbocycles. The van der Waals surface area contributed by atoms with Gasteiger partial charge in [-0.3, -0.25) is 0 Å². The molecule has 1 aliphatic rings. The van der Waals surface area contributed by atoms with Crippen molar-refractivity contribution < 1.29 is 26.3 Å². The molecule has 1 N–H and O–H groups in total. The van der Waals surface area contributed by atoms with Crippen molar-refractivity contribution in [1.29, 1.82) is 0 Å². The minimum Gasteiger partial charge on any atom is -0.497 e. The fraction of sp³-hybridized carbons (Fsp3) is 0.385. The first-order chi connectivity index (χ1) is 9.65. The lowest BCUT2D eigenvalue weighted by atomic mass is 10.1. The second kappa shape index (κ2) is 5.34. The Morgan fingerprint density at radius 3 is 2.57 bits per heavy atom. The summed E-state index contributed by atoms with van der Waals surface area (Å²) in [6.45, 7) is 1.39. The Labute approximate surface area is 120 Å². The third kappa shape index (κ3) is 3.06. The van der Waals surface area contributed by atoms with E-state index in [2.05, 4.69) is 0 Å². The van der Waals surface area contributed by atoms with Gasteiger partial charge in [0.05, 0.1) is 7.11 Å². The Kier molecular flexibility index (Phi) is 4.03. The number of rotatable bonds is 4. The first kappa shape index (κ1) is 15.8. The van der Waals surface area contributed by atoms with Gasteiger partial charge in [0.15, 0.2) is 0 Å². The van der Waals surface area contributed by atoms with Crippen LogP contribution in [-0.2, 0) is 16.4 Å². The van der Waals surface area contributed by atoms with Gasteiger partial charge in [0, 0.05) is 6.54 Å². The highest BCUT2D eigenvalue weighted by molar-refractivity contribution is 7.90. The smallest absolute Gasteiger partial charge is 0.497 e. The van der Waals surface area contributed by atoms with Gasteiger partial charge in [0.1, 0.15) is 5.75 Å². The summed E-state index contributed by atoms with van der Waals surface area (Å²) in [6, 6.07) is 5.21. The molecule has 0 heterocycles. The van der Waals surface area contributed by atoms with Crippen LogP contribution in [0.5, 0.6) is 5.75 Å². The van der Waals surface area contributed by atoms with Gasteiger partial charge in [0.2, 0.25) is 0 Å². The molecule has 21 heavy (non-hydrogen) atoms. The number of methoxy groups -OCH3 is 1. The van der Waals surface area contributed by atoms with E-state index in [0.29, 0.717) is 17.7 Å². The van der Waals surface area contributed by atoms with Crippen molar-refractivity contribution in [2.75, 3.05) is 13.7 Å². The summed E-state index contributed by atoms with van der Waals surface area (Å²) >= 11 is 0. The second-order valence-electron chi connectivity index (χ2n) is 4.73. The molecule has 0 saturated heterocycles. The average Bonchev–Trinajstić information content (AvgIpc) is 2.69. The predicted molar refractivity (Wildman–Crippen MR) is 72.3 cm³/mol. The van der Waals surface area contributed by atoms with Crippen LogP contribution in [0.2, 0.25) is 0 Å². The molecule has 1 aromatic rings. The van der Waals surface area contributed by atoms with E-state index in [4.69, 9.17) is 4.74 Å². The predicted octanol–water partition coefficient (Wildman–Crippen LogP) is 2.46. The number of ether oxygens (including phenoxy) is 1. The molecular weight excluding hydrogens is 307 g/mol. The Balaban J connectivity index is 2.22. The first-order valence-corrected chi connectivity index (χ1v) is 7.56. The number of nitrogens with one attached hydrogen (secondary N) is 1. The molecule has 1 aliphatic carbocycles. The minimum absolute atomic E-state index is 0.382. The number of alkyl halides is 3. The van der Waals surface area contributed by atoms with Gasteiger partial charge < -0.3 is 4.74 Å². The van der Waals surface area contributed by atoms with Gasteiger partial charge >= 0.3 is 15.5 Å². The highest BCUT2D eigenvalue weighted by Crippen LogP contribution is 2.34. The Hall–Kier alpha value is -1.54. The van der Waals surface area contributed by atoms with Crippen LogP contribution >= 0.6 is 0 Å². The van der Waals surface area contributed by atoms with Crippen molar-refractivity contribution >= 4 is 15.6 Å². The largest absolute Gasteiger partial charge is 0.511 e. The van der Waals surface area contributed by atoms with Crippen LogP contribution in [0.25, 0.3) is 5.57 Å². The molecule has 0 aromatic heterocycles. The third-order valence-corrected chi connectivity index (χ3v) is 4.49. The highest BCUT2D eigenvalue weighted by Gasteiger charge is 2.45. The van der Waals surface area contributed by atoms with Crippen molar-refractivity contribution in [2.24, 2.45) is 0 Å². The van der Waals surface area contributed by atoms with Crippen LogP contribution in [0.15, 0.2) is 23.8 Å². The van der Waals surface area contributed by atoms with Crippen molar-refractivity contribution in [3.63, 3.8) is 0 Å². The third-order valence-electron chi connectivity index (χ3n) is 3.35. The first-order valence-electron chi connectivity index (χ1n) is 6.07. The molecule has 0 radical (unpaired) electrons. The molecular formula is C13H14F3NO3S. The molecule has 0 fully saturated rings. The maximum atomic E-state index is 12.3. The normalized spacial score (nSPS) is 15.3. The van der Waals surface area contributed by atoms with E-state index < -0.39 is 15.5 Å². The number of hydrogen-bond donors (Lipinski definition) is 1. The number of hydrogen-bond acceptors (Lipinski definition) is 3. The van der Waals surface area contributed by atoms with Crippen LogP contribution in [0.3, 0.4) is 0 Å². The molecule has 116 valence electrons. The van der Waals surface area contributed by atoms with Crippen molar-refractivity contribution in [2.45, 2.75) is 18.9 Å². The zero-order chi connectivity index (χ0) is 15.8. The lowest BCUT2D eigenvalue weighted by Crippen LogP contribution is -2.37. The topological polar surface area (TPSA) is 55.4 Å². The van der Waals surface area contributed by atoms with E-state index in [-0.39, 0.29) is 6.54 Å². The number of sulfonamides is 1. The molecule has 0 atom stereocenters. The standard InChI is InChI=1S/C13H14F3NO3S/c1-8-5-9-6-10(20-2)3-4-11(9)12(8)7-17-21(18,19)13(14,15)16/h3-4,6,17H,5,7H2,1-2H3. The average molecular weight is 321 g/mol. The quantitative estimate of drug-likeness (QED) is 0.927. The monoisotopic (exact) mass is 321 g/mol. The van der Waals surface area contributed by atoms with Crippen LogP contribution < -0.4 is 9.46 Å². The molecule has 0 aliphatic heterocycles. The van der Waals surface area contributed by atoms with Gasteiger partial charge in [-0.2, -0.15) is 13.2 Å². The molecule has 1 aromatic carbocycles. The fourth-order valence-electron chi connectivity index (χ4n) is 2.26. The van der Waals surface area contributed by atoms with Crippen molar-refractivity contribution in [1.82, 2.24) is 4.72 Å². The summed E-state index contributed by atoms with van der Waals surface area (Å²) in [7, 11) is -3.81. The van der Waals surface area contributed by atoms with E-state index in [9.17, 15) is 21.6 Å². The van der Waals surface area contributed by atoms with Crippen LogP contribution in [0, 0.1) is 0 Å². The molecule has 0 unspecified atom stereocenters. The van der Waals surface area contributed by atoms with Gasteiger partial charge in [-0.15, -0.1) is 0 Å². The Morgan fingerprint density at radius 2 is 2.00 bits per heavy atom. The summed E-state index contributed by atoms with van der Waals surface area (Å²) in [5.74, 6) is 0.652. The summed E-state index contributed by atoms with van der Waals surface area (Å²) in [6.07, 6.45) is 0.565. The number of benzene rings is 1. The Morgan fingerprint density at radius 1 is 1.33 bits per heavy atom. The molecule has 2 rings (SSSR count). The zero-order valence-corrected chi connectivity index (χ0v) is 12.2. The van der Waals surface area contributed by atoms with Gasteiger partial charge in [-0.05, 0) is 42.2 Å². The molecule has 0 bridgehead atoms. The highest BCUT2D eigenvalue weighted by atomic mass is 32.2. The second-order valence-corrected chi connectivity index (χ2v) is 6.49. The fourth-order valence-corrected chi connectivity index (χ4v) is 2.75. The summed E-state index contributed by atoms with van der Waals surface area (Å²) < 4.78 is 65.7. The number of fused-ring (bicyclic) bond motifs is 1. The van der Waals surface area contributed by atoms with E-state index in [0.717, 1.165) is 16.7 Å². The van der Waals surface area contributed by atoms with Crippen LogP contribution in [0.1, 0.15) is 18.1 Å². The SMILES string of the molecule is COc1ccc2c(c1)CC(C)=C2CNS(=O)(=O)C(F)(F)F. The maximum absolute atomic E-state index is 12.3. The lowest BCUT2D eigenvalue weighted by molar-refractivity contribution is -0.0446. The van der Waals surface area contributed by atoms with Gasteiger partial charge in [-0.1, -0.05) is 11.6 Å². The van der Waals surface area contributed by atoms with E-state index in [1.54, 1.807) is 29.8 Å². The molecule has 0 spiro atoms. The van der Waals surface area contributed by atoms with E-state index >= 15 is 0 Å². The van der Waals surface area contributed by atoms with Gasteiger partial charge in [0.25, 0.3) is 0 Å². The van der Waals surface area contributed by atoms with E-state index in [1.807, 2.05) is 0 Å². The summed E-state index contributed by atoms with van der Waals surface area (Å²) in [4.78, 5) is 0. The van der Waals surface area contributed by atoms with Crippen molar-refractivity contribution in [3.8, 4) is 5.75 Å².